The van der Waals surface area contributed by atoms with E-state index in [-0.39, 0.29) is 11.9 Å². The molecule has 1 unspecified atom stereocenters. The van der Waals surface area contributed by atoms with Crippen molar-refractivity contribution in [1.29, 1.82) is 0 Å². The molecule has 0 aromatic heterocycles. The van der Waals surface area contributed by atoms with Gasteiger partial charge >= 0.3 is 0 Å². The second-order valence-electron chi connectivity index (χ2n) is 7.82. The second kappa shape index (κ2) is 8.08. The predicted molar refractivity (Wildman–Crippen MR) is 119 cm³/mol. The fourth-order valence-electron chi connectivity index (χ4n) is 4.44. The third-order valence-electron chi connectivity index (χ3n) is 5.93. The third kappa shape index (κ3) is 3.60. The first-order chi connectivity index (χ1) is 13.6. The number of fused-ring (bicyclic) bond motifs is 1. The first-order valence-electron chi connectivity index (χ1n) is 10.3. The highest BCUT2D eigenvalue weighted by Crippen LogP contribution is 2.42. The van der Waals surface area contributed by atoms with Crippen molar-refractivity contribution in [2.24, 2.45) is 0 Å². The lowest BCUT2D eigenvalue weighted by Gasteiger charge is -2.44. The Hall–Kier alpha value is -2.14. The molecule has 28 heavy (non-hydrogen) atoms. The fraction of sp³-hybridized carbons (Fsp3) is 0.435. The number of anilines is 3. The molecular weight excluding hydrogens is 366 g/mol. The van der Waals surface area contributed by atoms with Gasteiger partial charge in [-0.15, -0.1) is 0 Å². The van der Waals surface area contributed by atoms with Crippen molar-refractivity contribution in [2.45, 2.75) is 63.4 Å². The molecule has 0 radical (unpaired) electrons. The van der Waals surface area contributed by atoms with E-state index in [4.69, 9.17) is 0 Å². The number of hydrogen-bond acceptors (Lipinski definition) is 4. The number of rotatable bonds is 5. The lowest BCUT2D eigenvalue weighted by atomic mass is 10.0. The van der Waals surface area contributed by atoms with Crippen molar-refractivity contribution in [1.82, 2.24) is 0 Å². The molecule has 0 spiro atoms. The van der Waals surface area contributed by atoms with Gasteiger partial charge in [-0.2, -0.15) is 0 Å². The van der Waals surface area contributed by atoms with Gasteiger partial charge in [-0.1, -0.05) is 30.5 Å². The summed E-state index contributed by atoms with van der Waals surface area (Å²) in [5.74, 6) is 0.219. The molecule has 1 aliphatic carbocycles. The smallest absolute Gasteiger partial charge is 0.249 e. The van der Waals surface area contributed by atoms with Gasteiger partial charge in [0, 0.05) is 23.2 Å². The van der Waals surface area contributed by atoms with Crippen molar-refractivity contribution < 1.29 is 4.79 Å². The van der Waals surface area contributed by atoms with Gasteiger partial charge < -0.3 is 14.5 Å². The van der Waals surface area contributed by atoms with Crippen LogP contribution in [0.3, 0.4) is 0 Å². The SMILES string of the molecule is CCN1C(=O)C(C)N(C2CCCC2)c2cc(NSc3ccc(C)cc3)ccc21. The van der Waals surface area contributed by atoms with Crippen LogP contribution >= 0.6 is 11.9 Å². The first-order valence-corrected chi connectivity index (χ1v) is 11.1. The normalized spacial score (nSPS) is 19.8. The van der Waals surface area contributed by atoms with Crippen LogP contribution in [0.5, 0.6) is 0 Å². The van der Waals surface area contributed by atoms with Crippen LogP contribution in [0, 0.1) is 6.92 Å². The predicted octanol–water partition coefficient (Wildman–Crippen LogP) is 5.62. The van der Waals surface area contributed by atoms with Crippen molar-refractivity contribution in [3.05, 3.63) is 48.0 Å². The maximum absolute atomic E-state index is 13.0. The van der Waals surface area contributed by atoms with E-state index in [0.29, 0.717) is 12.6 Å². The summed E-state index contributed by atoms with van der Waals surface area (Å²) in [4.78, 5) is 18.5. The zero-order chi connectivity index (χ0) is 19.7. The molecular formula is C23H29N3OS. The highest BCUT2D eigenvalue weighted by molar-refractivity contribution is 8.00. The van der Waals surface area contributed by atoms with E-state index >= 15 is 0 Å². The number of carbonyl (C=O) groups excluding carboxylic acids is 1. The minimum Gasteiger partial charge on any atom is -0.355 e. The van der Waals surface area contributed by atoms with Gasteiger partial charge in [0.1, 0.15) is 6.04 Å². The summed E-state index contributed by atoms with van der Waals surface area (Å²) >= 11 is 1.63. The quantitative estimate of drug-likeness (QED) is 0.667. The summed E-state index contributed by atoms with van der Waals surface area (Å²) in [5.41, 5.74) is 4.58. The monoisotopic (exact) mass is 395 g/mol. The number of nitrogens with zero attached hydrogens (tertiary/aromatic N) is 2. The summed E-state index contributed by atoms with van der Waals surface area (Å²) < 4.78 is 3.49. The van der Waals surface area contributed by atoms with Gasteiger partial charge in [-0.3, -0.25) is 4.79 Å². The Morgan fingerprint density at radius 1 is 1.07 bits per heavy atom. The van der Waals surface area contributed by atoms with E-state index in [1.54, 1.807) is 11.9 Å². The van der Waals surface area contributed by atoms with Gasteiger partial charge in [0.2, 0.25) is 5.91 Å². The third-order valence-corrected chi connectivity index (χ3v) is 6.77. The van der Waals surface area contributed by atoms with Crippen LogP contribution in [-0.2, 0) is 4.79 Å². The Bertz CT molecular complexity index is 845. The summed E-state index contributed by atoms with van der Waals surface area (Å²) in [6, 6.07) is 15.3. The number of carbonyl (C=O) groups is 1. The first kappa shape index (κ1) is 19.2. The van der Waals surface area contributed by atoms with Crippen molar-refractivity contribution >= 4 is 34.9 Å². The lowest BCUT2D eigenvalue weighted by Crippen LogP contribution is -2.55. The number of nitrogens with one attached hydrogen (secondary N) is 1. The maximum Gasteiger partial charge on any atom is 0.249 e. The van der Waals surface area contributed by atoms with Crippen LogP contribution in [-0.4, -0.2) is 24.5 Å². The minimum atomic E-state index is -0.101. The van der Waals surface area contributed by atoms with Crippen LogP contribution < -0.4 is 14.5 Å². The van der Waals surface area contributed by atoms with Gasteiger partial charge in [-0.05, 0) is 75.9 Å². The minimum absolute atomic E-state index is 0.101. The van der Waals surface area contributed by atoms with Gasteiger partial charge in [0.05, 0.1) is 11.4 Å². The van der Waals surface area contributed by atoms with E-state index in [1.165, 1.54) is 41.8 Å². The standard InChI is InChI=1S/C23H29N3OS/c1-4-25-21-14-11-18(24-28-20-12-9-16(2)10-13-20)15-22(21)26(17(3)23(25)27)19-7-5-6-8-19/h9-15,17,19,24H,4-8H2,1-3H3. The van der Waals surface area contributed by atoms with E-state index in [0.717, 1.165) is 11.4 Å². The van der Waals surface area contributed by atoms with Crippen molar-refractivity contribution in [3.8, 4) is 0 Å². The summed E-state index contributed by atoms with van der Waals surface area (Å²) in [5, 5.41) is 0. The Labute approximate surface area is 172 Å². The highest BCUT2D eigenvalue weighted by atomic mass is 32.2. The summed E-state index contributed by atoms with van der Waals surface area (Å²) in [6.07, 6.45) is 4.88. The average Bonchev–Trinajstić information content (AvgIpc) is 3.23. The number of aryl methyl sites for hydroxylation is 1. The Morgan fingerprint density at radius 3 is 2.46 bits per heavy atom. The second-order valence-corrected chi connectivity index (χ2v) is 8.70. The Balaban J connectivity index is 1.63. The Kier molecular flexibility index (Phi) is 5.54. The molecule has 1 fully saturated rings. The molecule has 1 saturated carbocycles. The van der Waals surface area contributed by atoms with Crippen LogP contribution in [0.1, 0.15) is 45.1 Å². The van der Waals surface area contributed by atoms with Crippen LogP contribution in [0.2, 0.25) is 0 Å². The molecule has 4 nitrogen and oxygen atoms in total. The zero-order valence-corrected chi connectivity index (χ0v) is 17.8. The largest absolute Gasteiger partial charge is 0.355 e. The number of hydrogen-bond donors (Lipinski definition) is 1. The molecule has 1 aliphatic heterocycles. The molecule has 148 valence electrons. The van der Waals surface area contributed by atoms with E-state index < -0.39 is 0 Å². The molecule has 2 aromatic carbocycles. The molecule has 2 aliphatic rings. The molecule has 4 rings (SSSR count). The maximum atomic E-state index is 13.0. The van der Waals surface area contributed by atoms with Gasteiger partial charge in [0.25, 0.3) is 0 Å². The van der Waals surface area contributed by atoms with Crippen LogP contribution in [0.25, 0.3) is 0 Å². The highest BCUT2D eigenvalue weighted by Gasteiger charge is 2.39. The molecule has 1 N–H and O–H groups in total. The summed E-state index contributed by atoms with van der Waals surface area (Å²) in [6.45, 7) is 6.93. The van der Waals surface area contributed by atoms with E-state index in [2.05, 4.69) is 72.9 Å². The molecule has 1 heterocycles. The molecule has 5 heteroatoms. The van der Waals surface area contributed by atoms with E-state index in [9.17, 15) is 4.79 Å². The average molecular weight is 396 g/mol. The zero-order valence-electron chi connectivity index (χ0n) is 16.9. The summed E-state index contributed by atoms with van der Waals surface area (Å²) in [7, 11) is 0. The van der Waals surface area contributed by atoms with Crippen LogP contribution in [0.15, 0.2) is 47.4 Å². The van der Waals surface area contributed by atoms with Crippen molar-refractivity contribution in [2.75, 3.05) is 21.1 Å². The number of benzene rings is 2. The van der Waals surface area contributed by atoms with Crippen LogP contribution in [0.4, 0.5) is 17.1 Å². The number of amides is 1. The van der Waals surface area contributed by atoms with Crippen molar-refractivity contribution in [3.63, 3.8) is 0 Å². The fourth-order valence-corrected chi connectivity index (χ4v) is 5.07. The molecule has 1 amide bonds. The van der Waals surface area contributed by atoms with Gasteiger partial charge in [0.15, 0.2) is 0 Å². The molecule has 0 bridgehead atoms. The van der Waals surface area contributed by atoms with E-state index in [1.807, 2.05) is 4.90 Å². The molecule has 0 saturated heterocycles. The molecule has 2 aromatic rings. The molecule has 1 atom stereocenters. The van der Waals surface area contributed by atoms with Gasteiger partial charge in [-0.25, -0.2) is 0 Å². The Morgan fingerprint density at radius 2 is 1.79 bits per heavy atom. The topological polar surface area (TPSA) is 35.6 Å². The lowest BCUT2D eigenvalue weighted by molar-refractivity contribution is -0.119. The number of likely N-dealkylation sites (N-methyl/N-ethyl adjacent to an activating group) is 1.